The quantitative estimate of drug-likeness (QED) is 0.523. The maximum Gasteiger partial charge on any atom is 0.408 e. The molecule has 0 aliphatic carbocycles. The molecule has 0 heterocycles. The number of carbonyl (C=O) groups is 3. The van der Waals surface area contributed by atoms with Crippen molar-refractivity contribution in [1.29, 1.82) is 0 Å². The van der Waals surface area contributed by atoms with Crippen molar-refractivity contribution < 1.29 is 32.3 Å². The third-order valence-corrected chi connectivity index (χ3v) is 6.05. The first-order valence-corrected chi connectivity index (χ1v) is 12.1. The van der Waals surface area contributed by atoms with Crippen molar-refractivity contribution in [3.05, 3.63) is 66.2 Å². The standard InChI is InChI=1S/C24H29NO7S/c1-24(2,3)32-22(27)21(25-23(28)31-16-18-10-6-4-7-11-18)15-14-19(26)17-33(29,30)20-12-8-5-9-13-20/h4-13,21H,14-17H2,1-3H3,(H,25,28)/t21-/m0/s1. The lowest BCUT2D eigenvalue weighted by molar-refractivity contribution is -0.157. The van der Waals surface area contributed by atoms with Crippen molar-refractivity contribution in [3.8, 4) is 0 Å². The number of Topliss-reactive ketones (excluding diaryl/α,β-unsaturated/α-hetero) is 1. The van der Waals surface area contributed by atoms with E-state index in [4.69, 9.17) is 9.47 Å². The van der Waals surface area contributed by atoms with E-state index >= 15 is 0 Å². The second kappa shape index (κ2) is 11.6. The molecule has 9 heteroatoms. The summed E-state index contributed by atoms with van der Waals surface area (Å²) in [5, 5.41) is 2.42. The molecule has 0 unspecified atom stereocenters. The van der Waals surface area contributed by atoms with Gasteiger partial charge in [0, 0.05) is 6.42 Å². The molecule has 178 valence electrons. The molecular weight excluding hydrogens is 446 g/mol. The molecule has 1 amide bonds. The minimum Gasteiger partial charge on any atom is -0.458 e. The van der Waals surface area contributed by atoms with Crippen LogP contribution in [0.1, 0.15) is 39.2 Å². The number of amides is 1. The third kappa shape index (κ3) is 9.44. The van der Waals surface area contributed by atoms with Gasteiger partial charge in [-0.2, -0.15) is 0 Å². The normalized spacial score (nSPS) is 12.5. The van der Waals surface area contributed by atoms with Crippen molar-refractivity contribution in [2.45, 2.75) is 56.8 Å². The molecule has 2 rings (SSSR count). The molecule has 1 atom stereocenters. The second-order valence-corrected chi connectivity index (χ2v) is 10.4. The zero-order valence-corrected chi connectivity index (χ0v) is 19.8. The minimum atomic E-state index is -3.80. The molecule has 0 fully saturated rings. The highest BCUT2D eigenvalue weighted by Crippen LogP contribution is 2.14. The van der Waals surface area contributed by atoms with E-state index in [0.717, 1.165) is 5.56 Å². The molecule has 0 aliphatic heterocycles. The van der Waals surface area contributed by atoms with E-state index < -0.39 is 45.1 Å². The largest absolute Gasteiger partial charge is 0.458 e. The Kier molecular flexibility index (Phi) is 9.16. The number of ketones is 1. The van der Waals surface area contributed by atoms with Crippen LogP contribution in [0, 0.1) is 0 Å². The smallest absolute Gasteiger partial charge is 0.408 e. The van der Waals surface area contributed by atoms with Gasteiger partial charge in [0.15, 0.2) is 9.84 Å². The minimum absolute atomic E-state index is 0.00195. The van der Waals surface area contributed by atoms with Crippen LogP contribution in [0.2, 0.25) is 0 Å². The van der Waals surface area contributed by atoms with E-state index in [1.807, 2.05) is 6.07 Å². The Morgan fingerprint density at radius 2 is 1.52 bits per heavy atom. The predicted molar refractivity (Wildman–Crippen MR) is 122 cm³/mol. The average molecular weight is 476 g/mol. The number of esters is 1. The van der Waals surface area contributed by atoms with Crippen LogP contribution >= 0.6 is 0 Å². The van der Waals surface area contributed by atoms with Crippen LogP contribution in [0.4, 0.5) is 4.79 Å². The van der Waals surface area contributed by atoms with Gasteiger partial charge in [0.05, 0.1) is 4.90 Å². The average Bonchev–Trinajstić information content (AvgIpc) is 2.75. The number of alkyl carbamates (subject to hydrolysis) is 1. The van der Waals surface area contributed by atoms with Crippen molar-refractivity contribution in [1.82, 2.24) is 5.32 Å². The van der Waals surface area contributed by atoms with Gasteiger partial charge in [-0.3, -0.25) is 4.79 Å². The molecule has 0 saturated heterocycles. The monoisotopic (exact) mass is 475 g/mol. The number of sulfone groups is 1. The number of rotatable bonds is 10. The maximum absolute atomic E-state index is 12.6. The van der Waals surface area contributed by atoms with E-state index in [0.29, 0.717) is 0 Å². The van der Waals surface area contributed by atoms with Crippen molar-refractivity contribution >= 4 is 27.7 Å². The SMILES string of the molecule is CC(C)(C)OC(=O)[C@H](CCC(=O)CS(=O)(=O)c1ccccc1)NC(=O)OCc1ccccc1. The summed E-state index contributed by atoms with van der Waals surface area (Å²) in [6.45, 7) is 5.02. The molecule has 0 radical (unpaired) electrons. The zero-order chi connectivity index (χ0) is 24.5. The van der Waals surface area contributed by atoms with Crippen molar-refractivity contribution in [3.63, 3.8) is 0 Å². The number of hydrogen-bond donors (Lipinski definition) is 1. The van der Waals surface area contributed by atoms with Gasteiger partial charge in [-0.25, -0.2) is 18.0 Å². The Bertz CT molecular complexity index is 1050. The predicted octanol–water partition coefficient (Wildman–Crippen LogP) is 3.45. The number of carbonyl (C=O) groups excluding carboxylic acids is 3. The fourth-order valence-corrected chi connectivity index (χ4v) is 4.14. The Morgan fingerprint density at radius 1 is 0.939 bits per heavy atom. The number of nitrogens with one attached hydrogen (secondary N) is 1. The lowest BCUT2D eigenvalue weighted by atomic mass is 10.1. The molecule has 0 bridgehead atoms. The number of hydrogen-bond acceptors (Lipinski definition) is 7. The second-order valence-electron chi connectivity index (χ2n) is 8.44. The van der Waals surface area contributed by atoms with Gasteiger partial charge >= 0.3 is 12.1 Å². The third-order valence-electron chi connectivity index (χ3n) is 4.36. The van der Waals surface area contributed by atoms with Gasteiger partial charge < -0.3 is 14.8 Å². The highest BCUT2D eigenvalue weighted by atomic mass is 32.2. The first kappa shape index (κ1) is 26.1. The van der Waals surface area contributed by atoms with E-state index in [2.05, 4.69) is 5.32 Å². The van der Waals surface area contributed by atoms with Gasteiger partial charge in [-0.05, 0) is 44.9 Å². The molecule has 1 N–H and O–H groups in total. The van der Waals surface area contributed by atoms with Crippen LogP contribution in [-0.2, 0) is 35.5 Å². The first-order valence-electron chi connectivity index (χ1n) is 10.5. The fourth-order valence-electron chi connectivity index (χ4n) is 2.83. The summed E-state index contributed by atoms with van der Waals surface area (Å²) in [5.41, 5.74) is -0.0474. The summed E-state index contributed by atoms with van der Waals surface area (Å²) >= 11 is 0. The Morgan fingerprint density at radius 3 is 2.09 bits per heavy atom. The molecule has 0 saturated carbocycles. The van der Waals surface area contributed by atoms with E-state index in [-0.39, 0.29) is 24.3 Å². The molecule has 8 nitrogen and oxygen atoms in total. The first-order chi connectivity index (χ1) is 15.5. The summed E-state index contributed by atoms with van der Waals surface area (Å²) in [7, 11) is -3.80. The zero-order valence-electron chi connectivity index (χ0n) is 18.9. The Hall–Kier alpha value is -3.20. The Labute approximate surface area is 194 Å². The summed E-state index contributed by atoms with van der Waals surface area (Å²) in [5.74, 6) is -2.01. The van der Waals surface area contributed by atoms with Crippen LogP contribution in [0.15, 0.2) is 65.6 Å². The van der Waals surface area contributed by atoms with Gasteiger partial charge in [-0.1, -0.05) is 48.5 Å². The van der Waals surface area contributed by atoms with Crippen LogP contribution in [-0.4, -0.2) is 43.7 Å². The molecular formula is C24H29NO7S. The molecule has 0 spiro atoms. The summed E-state index contributed by atoms with van der Waals surface area (Å²) < 4.78 is 35.3. The molecule has 0 aromatic heterocycles. The van der Waals surface area contributed by atoms with Crippen LogP contribution in [0.3, 0.4) is 0 Å². The highest BCUT2D eigenvalue weighted by molar-refractivity contribution is 7.92. The lowest BCUT2D eigenvalue weighted by Crippen LogP contribution is -2.44. The van der Waals surface area contributed by atoms with Gasteiger partial charge in [-0.15, -0.1) is 0 Å². The summed E-state index contributed by atoms with van der Waals surface area (Å²) in [4.78, 5) is 37.2. The topological polar surface area (TPSA) is 116 Å². The van der Waals surface area contributed by atoms with Crippen molar-refractivity contribution in [2.75, 3.05) is 5.75 Å². The van der Waals surface area contributed by atoms with Gasteiger partial charge in [0.25, 0.3) is 0 Å². The molecule has 33 heavy (non-hydrogen) atoms. The van der Waals surface area contributed by atoms with E-state index in [9.17, 15) is 22.8 Å². The summed E-state index contributed by atoms with van der Waals surface area (Å²) in [6.07, 6.45) is -1.22. The fraction of sp³-hybridized carbons (Fsp3) is 0.375. The van der Waals surface area contributed by atoms with Gasteiger partial charge in [0.1, 0.15) is 29.8 Å². The van der Waals surface area contributed by atoms with Crippen molar-refractivity contribution in [2.24, 2.45) is 0 Å². The molecule has 0 aliphatic rings. The van der Waals surface area contributed by atoms with Crippen LogP contribution in [0.5, 0.6) is 0 Å². The Balaban J connectivity index is 1.98. The van der Waals surface area contributed by atoms with E-state index in [1.54, 1.807) is 63.2 Å². The molecule has 2 aromatic carbocycles. The highest BCUT2D eigenvalue weighted by Gasteiger charge is 2.28. The number of benzene rings is 2. The number of ether oxygens (including phenoxy) is 2. The van der Waals surface area contributed by atoms with E-state index in [1.165, 1.54) is 12.1 Å². The van der Waals surface area contributed by atoms with Crippen LogP contribution < -0.4 is 5.32 Å². The van der Waals surface area contributed by atoms with Gasteiger partial charge in [0.2, 0.25) is 0 Å². The lowest BCUT2D eigenvalue weighted by Gasteiger charge is -2.24. The molecule has 2 aromatic rings. The maximum atomic E-state index is 12.6. The van der Waals surface area contributed by atoms with Crippen LogP contribution in [0.25, 0.3) is 0 Å². The summed E-state index contributed by atoms with van der Waals surface area (Å²) in [6, 6.07) is 15.5.